The standard InChI is InChI=1S/C53H84N4O10/c1-10-27-44(64-34-11-2)43(37-58)56-50(62)41(7)32-25-17-15-13-14-16-24-31-40(6)48(66-52-47(61)45(59)46(60)49(67-52)51(63)65-35-12-3)42(8)36-39(5)30-23-20-22-29-38(4)28-21-18-19-26-33-57(9)53(54)55/h13-18,21-22,24-25,29,31-32,36-40,45-49,52,59-61H,10-12,19-20,23,26-28,30,33-35H2,1-9H3,(H3,54,55)(H,56,62)/b15-13+,16-14+,21-18+,25-17+,29-22+,31-24+,41-32+,42-36+,44-43-. The Morgan fingerprint density at radius 2 is 1.46 bits per heavy atom. The van der Waals surface area contributed by atoms with Gasteiger partial charge in [-0.1, -0.05) is 127 Å². The number of nitrogens with two attached hydrogens (primary N) is 1. The third-order valence-corrected chi connectivity index (χ3v) is 10.9. The lowest BCUT2D eigenvalue weighted by molar-refractivity contribution is -0.304. The van der Waals surface area contributed by atoms with Gasteiger partial charge >= 0.3 is 5.97 Å². The largest absolute Gasteiger partial charge is 0.496 e. The maximum absolute atomic E-state index is 12.8. The first-order valence-electron chi connectivity index (χ1n) is 24.1. The number of aliphatic hydroxyl groups excluding tert-OH is 3. The van der Waals surface area contributed by atoms with E-state index in [-0.39, 0.29) is 30.1 Å². The van der Waals surface area contributed by atoms with E-state index in [0.717, 1.165) is 63.5 Å². The number of aliphatic hydroxyl groups is 3. The second-order valence-corrected chi connectivity index (χ2v) is 17.3. The Hall–Kier alpha value is -4.86. The zero-order valence-corrected chi connectivity index (χ0v) is 41.8. The van der Waals surface area contributed by atoms with E-state index in [1.54, 1.807) is 30.1 Å². The van der Waals surface area contributed by atoms with E-state index in [0.29, 0.717) is 43.0 Å². The minimum absolute atomic E-state index is 0.0871. The van der Waals surface area contributed by atoms with Gasteiger partial charge in [0, 0.05) is 31.5 Å². The summed E-state index contributed by atoms with van der Waals surface area (Å²) >= 11 is 0. The van der Waals surface area contributed by atoms with Crippen LogP contribution in [0.25, 0.3) is 0 Å². The van der Waals surface area contributed by atoms with Crippen LogP contribution in [-0.2, 0) is 33.3 Å². The fourth-order valence-electron chi connectivity index (χ4n) is 6.88. The Kier molecular flexibility index (Phi) is 31.7. The molecule has 0 bridgehead atoms. The van der Waals surface area contributed by atoms with Gasteiger partial charge in [0.25, 0.3) is 5.91 Å². The number of nitrogens with zero attached hydrogens (tertiary/aromatic N) is 1. The van der Waals surface area contributed by atoms with E-state index in [1.807, 2.05) is 78.1 Å². The van der Waals surface area contributed by atoms with Crippen molar-refractivity contribution >= 4 is 24.1 Å². The molecule has 0 aromatic carbocycles. The Bertz CT molecular complexity index is 1760. The first-order valence-corrected chi connectivity index (χ1v) is 24.1. The first kappa shape index (κ1) is 60.2. The number of carbonyl (C=O) groups excluding carboxylic acids is 3. The second-order valence-electron chi connectivity index (χ2n) is 17.3. The number of nitrogens with one attached hydrogen (secondary N) is 2. The predicted octanol–water partition coefficient (Wildman–Crippen LogP) is 8.19. The molecule has 1 saturated heterocycles. The SMILES string of the molecule is CCCOC(=O)C1OC(OC(/C(C)=C/C(C)CCC/C=C/C(C)C/C=C/CCCN(C)C(=N)N)C(C)/C=C/C=C/C=C/C=C/C=C(\C)C(=O)N/C(C=O)=C(/CCC)OCCC)C(O)C(O)C1O. The van der Waals surface area contributed by atoms with Crippen molar-refractivity contribution in [1.29, 1.82) is 5.41 Å². The molecule has 67 heavy (non-hydrogen) atoms. The maximum atomic E-state index is 12.8. The monoisotopic (exact) mass is 937 g/mol. The van der Waals surface area contributed by atoms with E-state index in [9.17, 15) is 29.7 Å². The summed E-state index contributed by atoms with van der Waals surface area (Å²) in [5.41, 5.74) is 6.94. The van der Waals surface area contributed by atoms with Gasteiger partial charge in [-0.25, -0.2) is 4.79 Å². The van der Waals surface area contributed by atoms with Crippen LogP contribution < -0.4 is 11.1 Å². The number of amides is 1. The summed E-state index contributed by atoms with van der Waals surface area (Å²) in [5, 5.41) is 42.4. The molecule has 1 fully saturated rings. The Balaban J connectivity index is 3.05. The fraction of sp³-hybridized carbons (Fsp3) is 0.585. The van der Waals surface area contributed by atoms with Gasteiger partial charge in [-0.2, -0.15) is 0 Å². The predicted molar refractivity (Wildman–Crippen MR) is 267 cm³/mol. The molecule has 1 aliphatic rings. The number of hydrogen-bond donors (Lipinski definition) is 6. The van der Waals surface area contributed by atoms with Gasteiger partial charge in [0.2, 0.25) is 0 Å². The van der Waals surface area contributed by atoms with E-state index in [4.69, 9.17) is 30.1 Å². The number of allylic oxidation sites excluding steroid dienone is 15. The van der Waals surface area contributed by atoms with E-state index in [1.165, 1.54) is 0 Å². The van der Waals surface area contributed by atoms with Gasteiger partial charge in [0.05, 0.1) is 19.3 Å². The van der Waals surface area contributed by atoms with Crippen molar-refractivity contribution in [3.63, 3.8) is 0 Å². The molecular weight excluding hydrogens is 853 g/mol. The first-order chi connectivity index (χ1) is 32.0. The third-order valence-electron chi connectivity index (χ3n) is 10.9. The van der Waals surface area contributed by atoms with Crippen LogP contribution in [0.3, 0.4) is 0 Å². The zero-order valence-electron chi connectivity index (χ0n) is 41.8. The molecule has 0 aromatic heterocycles. The van der Waals surface area contributed by atoms with Gasteiger partial charge in [-0.3, -0.25) is 15.0 Å². The van der Waals surface area contributed by atoms with Gasteiger partial charge in [-0.05, 0) is 89.0 Å². The van der Waals surface area contributed by atoms with E-state index >= 15 is 0 Å². The highest BCUT2D eigenvalue weighted by Crippen LogP contribution is 2.29. The molecule has 1 aliphatic heterocycles. The Morgan fingerprint density at radius 3 is 2.10 bits per heavy atom. The van der Waals surface area contributed by atoms with Crippen molar-refractivity contribution in [3.05, 3.63) is 108 Å². The molecule has 14 nitrogen and oxygen atoms in total. The molecule has 9 unspecified atom stereocenters. The topological polar surface area (TPSA) is 214 Å². The summed E-state index contributed by atoms with van der Waals surface area (Å²) < 4.78 is 23.1. The van der Waals surface area contributed by atoms with Gasteiger partial charge in [0.15, 0.2) is 24.6 Å². The highest BCUT2D eigenvalue weighted by molar-refractivity contribution is 5.97. The van der Waals surface area contributed by atoms with E-state index < -0.39 is 48.7 Å². The van der Waals surface area contributed by atoms with E-state index in [2.05, 4.69) is 49.5 Å². The van der Waals surface area contributed by atoms with Crippen LogP contribution in [0.15, 0.2) is 108 Å². The summed E-state index contributed by atoms with van der Waals surface area (Å²) in [5.74, 6) is -0.304. The van der Waals surface area contributed by atoms with Gasteiger partial charge in [-0.15, -0.1) is 0 Å². The number of ether oxygens (including phenoxy) is 4. The zero-order chi connectivity index (χ0) is 50.1. The smallest absolute Gasteiger partial charge is 0.338 e. The van der Waals surface area contributed by atoms with Gasteiger partial charge in [0.1, 0.15) is 29.8 Å². The summed E-state index contributed by atoms with van der Waals surface area (Å²) in [7, 11) is 1.82. The molecule has 0 radical (unpaired) electrons. The lowest BCUT2D eigenvalue weighted by Gasteiger charge is -2.41. The van der Waals surface area contributed by atoms with Crippen LogP contribution in [0, 0.1) is 23.2 Å². The number of carbonyl (C=O) groups is 3. The minimum atomic E-state index is -1.70. The number of guanidine groups is 1. The average Bonchev–Trinajstić information content (AvgIpc) is 3.30. The van der Waals surface area contributed by atoms with Crippen LogP contribution in [0.5, 0.6) is 0 Å². The fourth-order valence-corrected chi connectivity index (χ4v) is 6.88. The van der Waals surface area contributed by atoms with Crippen molar-refractivity contribution in [2.45, 2.75) is 156 Å². The molecule has 376 valence electrons. The third kappa shape index (κ3) is 24.6. The van der Waals surface area contributed by atoms with Crippen LogP contribution in [-0.4, -0.2) is 108 Å². The molecule has 1 amide bonds. The molecule has 14 heteroatoms. The summed E-state index contributed by atoms with van der Waals surface area (Å²) in [6.45, 7) is 17.0. The van der Waals surface area contributed by atoms with Crippen LogP contribution in [0.1, 0.15) is 120 Å². The van der Waals surface area contributed by atoms with Crippen LogP contribution >= 0.6 is 0 Å². The number of aldehydes is 1. The van der Waals surface area contributed by atoms with Crippen molar-refractivity contribution in [1.82, 2.24) is 10.2 Å². The average molecular weight is 937 g/mol. The molecule has 7 N–H and O–H groups in total. The highest BCUT2D eigenvalue weighted by Gasteiger charge is 2.49. The molecule has 0 spiro atoms. The molecule has 0 saturated carbocycles. The Morgan fingerprint density at radius 1 is 0.821 bits per heavy atom. The van der Waals surface area contributed by atoms with Crippen molar-refractivity contribution in [2.24, 2.45) is 23.5 Å². The molecule has 0 aliphatic carbocycles. The maximum Gasteiger partial charge on any atom is 0.338 e. The van der Waals surface area contributed by atoms with Crippen molar-refractivity contribution in [2.75, 3.05) is 26.8 Å². The lowest BCUT2D eigenvalue weighted by Crippen LogP contribution is -2.61. The summed E-state index contributed by atoms with van der Waals surface area (Å²) in [4.78, 5) is 38.9. The second kappa shape index (κ2) is 35.3. The lowest BCUT2D eigenvalue weighted by atomic mass is 9.92. The van der Waals surface area contributed by atoms with Crippen LogP contribution in [0.2, 0.25) is 0 Å². The van der Waals surface area contributed by atoms with Crippen LogP contribution in [0.4, 0.5) is 0 Å². The van der Waals surface area contributed by atoms with Gasteiger partial charge < -0.3 is 50.2 Å². The van der Waals surface area contributed by atoms with Crippen molar-refractivity contribution < 1.29 is 48.7 Å². The molecule has 9 atom stereocenters. The molecule has 1 rings (SSSR count). The normalized spacial score (nSPS) is 21.9. The highest BCUT2D eigenvalue weighted by atomic mass is 16.7. The number of hydrogen-bond acceptors (Lipinski definition) is 11. The number of unbranched alkanes of at least 4 members (excludes halogenated alkanes) is 2. The van der Waals surface area contributed by atoms with Crippen molar-refractivity contribution in [3.8, 4) is 0 Å². The molecular formula is C53H84N4O10. The molecule has 0 aromatic rings. The quantitative estimate of drug-likeness (QED) is 0.00434. The Labute approximate surface area is 401 Å². The number of esters is 1. The summed E-state index contributed by atoms with van der Waals surface area (Å²) in [6, 6.07) is 0. The summed E-state index contributed by atoms with van der Waals surface area (Å²) in [6.07, 6.45) is 27.7. The molecule has 1 heterocycles. The minimum Gasteiger partial charge on any atom is -0.496 e. The number of rotatable bonds is 32.